The standard InChI is InChI=1S/C23H28N2O2/c1-17(2)27-22-12-8-19(9-13-22)23(26)25-20-10-11-21(25)16-24(15-20)14-18-6-4-3-5-7-18/h3-9,12-13,17,20-21H,10-11,14-16H2,1-2H3/t20-,21+. The molecule has 1 amide bonds. The predicted molar refractivity (Wildman–Crippen MR) is 107 cm³/mol. The third-order valence-corrected chi connectivity index (χ3v) is 5.51. The fourth-order valence-electron chi connectivity index (χ4n) is 4.39. The minimum Gasteiger partial charge on any atom is -0.491 e. The van der Waals surface area contributed by atoms with Gasteiger partial charge in [-0.05, 0) is 56.5 Å². The summed E-state index contributed by atoms with van der Waals surface area (Å²) in [7, 11) is 0. The summed E-state index contributed by atoms with van der Waals surface area (Å²) in [4.78, 5) is 17.8. The number of nitrogens with zero attached hydrogens (tertiary/aromatic N) is 2. The lowest BCUT2D eigenvalue weighted by Crippen LogP contribution is -2.55. The molecule has 4 rings (SSSR count). The number of carbonyl (C=O) groups excluding carboxylic acids is 1. The normalized spacial score (nSPS) is 22.3. The molecule has 2 saturated heterocycles. The maximum Gasteiger partial charge on any atom is 0.254 e. The lowest BCUT2D eigenvalue weighted by Gasteiger charge is -2.41. The summed E-state index contributed by atoms with van der Waals surface area (Å²) in [5.41, 5.74) is 2.11. The fraction of sp³-hybridized carbons (Fsp3) is 0.435. The molecule has 0 unspecified atom stereocenters. The smallest absolute Gasteiger partial charge is 0.254 e. The number of rotatable bonds is 5. The number of piperazine rings is 1. The molecule has 2 atom stereocenters. The van der Waals surface area contributed by atoms with Crippen LogP contribution >= 0.6 is 0 Å². The van der Waals surface area contributed by atoms with Gasteiger partial charge in [0.05, 0.1) is 6.10 Å². The minimum atomic E-state index is 0.139. The van der Waals surface area contributed by atoms with E-state index in [-0.39, 0.29) is 12.0 Å². The van der Waals surface area contributed by atoms with Crippen LogP contribution < -0.4 is 4.74 Å². The Morgan fingerprint density at radius 1 is 1.00 bits per heavy atom. The van der Waals surface area contributed by atoms with Crippen molar-refractivity contribution in [2.45, 2.75) is 51.4 Å². The van der Waals surface area contributed by atoms with Crippen LogP contribution in [0.15, 0.2) is 54.6 Å². The molecule has 4 heteroatoms. The van der Waals surface area contributed by atoms with Gasteiger partial charge in [-0.2, -0.15) is 0 Å². The second-order valence-electron chi connectivity index (χ2n) is 7.97. The Labute approximate surface area is 161 Å². The second kappa shape index (κ2) is 7.73. The van der Waals surface area contributed by atoms with Crippen LogP contribution in [0.5, 0.6) is 5.75 Å². The third kappa shape index (κ3) is 4.01. The molecule has 142 valence electrons. The van der Waals surface area contributed by atoms with Crippen molar-refractivity contribution in [3.05, 3.63) is 65.7 Å². The van der Waals surface area contributed by atoms with Gasteiger partial charge in [-0.25, -0.2) is 0 Å². The van der Waals surface area contributed by atoms with E-state index in [1.807, 2.05) is 38.1 Å². The third-order valence-electron chi connectivity index (χ3n) is 5.51. The highest BCUT2D eigenvalue weighted by Crippen LogP contribution is 2.32. The zero-order chi connectivity index (χ0) is 18.8. The van der Waals surface area contributed by atoms with Gasteiger partial charge in [0.1, 0.15) is 5.75 Å². The van der Waals surface area contributed by atoms with E-state index in [4.69, 9.17) is 4.74 Å². The van der Waals surface area contributed by atoms with Crippen LogP contribution in [0.2, 0.25) is 0 Å². The largest absolute Gasteiger partial charge is 0.491 e. The number of fused-ring (bicyclic) bond motifs is 2. The van der Waals surface area contributed by atoms with Crippen molar-refractivity contribution in [3.63, 3.8) is 0 Å². The molecule has 0 aromatic heterocycles. The monoisotopic (exact) mass is 364 g/mol. The van der Waals surface area contributed by atoms with Gasteiger partial charge in [0.15, 0.2) is 0 Å². The highest BCUT2D eigenvalue weighted by Gasteiger charge is 2.42. The Morgan fingerprint density at radius 3 is 2.22 bits per heavy atom. The maximum absolute atomic E-state index is 13.1. The van der Waals surface area contributed by atoms with Crippen molar-refractivity contribution < 1.29 is 9.53 Å². The summed E-state index contributed by atoms with van der Waals surface area (Å²) >= 11 is 0. The Kier molecular flexibility index (Phi) is 5.17. The van der Waals surface area contributed by atoms with E-state index in [0.717, 1.165) is 43.8 Å². The van der Waals surface area contributed by atoms with Crippen LogP contribution in [0.3, 0.4) is 0 Å². The van der Waals surface area contributed by atoms with Gasteiger partial charge >= 0.3 is 0 Å². The van der Waals surface area contributed by atoms with E-state index in [1.54, 1.807) is 0 Å². The zero-order valence-corrected chi connectivity index (χ0v) is 16.2. The number of ether oxygens (including phenoxy) is 1. The van der Waals surface area contributed by atoms with E-state index >= 15 is 0 Å². The fourth-order valence-corrected chi connectivity index (χ4v) is 4.39. The Balaban J connectivity index is 1.42. The Morgan fingerprint density at radius 2 is 1.63 bits per heavy atom. The van der Waals surface area contributed by atoms with Crippen molar-refractivity contribution in [2.24, 2.45) is 0 Å². The van der Waals surface area contributed by atoms with Gasteiger partial charge in [-0.3, -0.25) is 9.69 Å². The average molecular weight is 364 g/mol. The predicted octanol–water partition coefficient (Wildman–Crippen LogP) is 3.96. The molecule has 0 N–H and O–H groups in total. The summed E-state index contributed by atoms with van der Waals surface area (Å²) in [6.07, 6.45) is 2.35. The minimum absolute atomic E-state index is 0.139. The van der Waals surface area contributed by atoms with Crippen LogP contribution in [0.1, 0.15) is 42.6 Å². The summed E-state index contributed by atoms with van der Waals surface area (Å²) in [6, 6.07) is 18.9. The molecule has 0 radical (unpaired) electrons. The number of likely N-dealkylation sites (tertiary alicyclic amines) is 1. The van der Waals surface area contributed by atoms with Crippen LogP contribution in [-0.2, 0) is 6.54 Å². The van der Waals surface area contributed by atoms with E-state index in [1.165, 1.54) is 5.56 Å². The highest BCUT2D eigenvalue weighted by molar-refractivity contribution is 5.95. The molecule has 2 heterocycles. The molecule has 4 nitrogen and oxygen atoms in total. The number of carbonyl (C=O) groups is 1. The van der Waals surface area contributed by atoms with Crippen LogP contribution in [0.4, 0.5) is 0 Å². The lowest BCUT2D eigenvalue weighted by atomic mass is 10.1. The molecule has 2 bridgehead atoms. The highest BCUT2D eigenvalue weighted by atomic mass is 16.5. The molecule has 2 aliphatic rings. The van der Waals surface area contributed by atoms with Gasteiger partial charge < -0.3 is 9.64 Å². The lowest BCUT2D eigenvalue weighted by molar-refractivity contribution is 0.0405. The number of hydrogen-bond donors (Lipinski definition) is 0. The van der Waals surface area contributed by atoms with Crippen molar-refractivity contribution in [1.82, 2.24) is 9.80 Å². The Hall–Kier alpha value is -2.33. The summed E-state index contributed by atoms with van der Waals surface area (Å²) in [6.45, 7) is 6.91. The first-order valence-electron chi connectivity index (χ1n) is 9.96. The van der Waals surface area contributed by atoms with Crippen molar-refractivity contribution >= 4 is 5.91 Å². The summed E-state index contributed by atoms with van der Waals surface area (Å²) in [5.74, 6) is 0.982. The molecule has 27 heavy (non-hydrogen) atoms. The van der Waals surface area contributed by atoms with Crippen molar-refractivity contribution in [3.8, 4) is 5.75 Å². The maximum atomic E-state index is 13.1. The van der Waals surface area contributed by atoms with Crippen LogP contribution in [0, 0.1) is 0 Å². The number of amides is 1. The van der Waals surface area contributed by atoms with E-state index in [2.05, 4.69) is 40.1 Å². The van der Waals surface area contributed by atoms with Crippen LogP contribution in [0.25, 0.3) is 0 Å². The van der Waals surface area contributed by atoms with Gasteiger partial charge in [0, 0.05) is 37.3 Å². The molecule has 0 spiro atoms. The van der Waals surface area contributed by atoms with Gasteiger partial charge in [0.25, 0.3) is 5.91 Å². The zero-order valence-electron chi connectivity index (χ0n) is 16.2. The first-order chi connectivity index (χ1) is 13.1. The molecule has 2 aromatic carbocycles. The topological polar surface area (TPSA) is 32.8 Å². The molecule has 2 aromatic rings. The molecule has 2 fully saturated rings. The van der Waals surface area contributed by atoms with E-state index in [0.29, 0.717) is 12.1 Å². The molecule has 0 aliphatic carbocycles. The molecular formula is C23H28N2O2. The van der Waals surface area contributed by atoms with Crippen molar-refractivity contribution in [1.29, 1.82) is 0 Å². The summed E-state index contributed by atoms with van der Waals surface area (Å²) in [5, 5.41) is 0. The quantitative estimate of drug-likeness (QED) is 0.805. The van der Waals surface area contributed by atoms with Crippen LogP contribution in [-0.4, -0.2) is 47.0 Å². The van der Waals surface area contributed by atoms with Gasteiger partial charge in [-0.15, -0.1) is 0 Å². The first kappa shape index (κ1) is 18.1. The van der Waals surface area contributed by atoms with Gasteiger partial charge in [-0.1, -0.05) is 30.3 Å². The first-order valence-corrected chi connectivity index (χ1v) is 9.96. The number of hydrogen-bond acceptors (Lipinski definition) is 3. The molecule has 2 aliphatic heterocycles. The molecule has 0 saturated carbocycles. The van der Waals surface area contributed by atoms with Crippen molar-refractivity contribution in [2.75, 3.05) is 13.1 Å². The molecular weight excluding hydrogens is 336 g/mol. The second-order valence-corrected chi connectivity index (χ2v) is 7.97. The van der Waals surface area contributed by atoms with E-state index < -0.39 is 0 Å². The summed E-state index contributed by atoms with van der Waals surface area (Å²) < 4.78 is 5.69. The van der Waals surface area contributed by atoms with E-state index in [9.17, 15) is 4.79 Å². The Bertz CT molecular complexity index is 759. The number of benzene rings is 2. The SMILES string of the molecule is CC(C)Oc1ccc(C(=O)N2[C@@H]3CC[C@H]2CN(Cc2ccccc2)C3)cc1. The average Bonchev–Trinajstić information content (AvgIpc) is 2.93. The van der Waals surface area contributed by atoms with Gasteiger partial charge in [0.2, 0.25) is 0 Å².